The van der Waals surface area contributed by atoms with Gasteiger partial charge in [0, 0.05) is 25.1 Å². The maximum atomic E-state index is 11.7. The molecule has 0 saturated carbocycles. The summed E-state index contributed by atoms with van der Waals surface area (Å²) in [6.45, 7) is 0.244. The lowest BCUT2D eigenvalue weighted by Crippen LogP contribution is -2.11. The number of nitrogens with one attached hydrogen (secondary N) is 1. The van der Waals surface area contributed by atoms with E-state index >= 15 is 0 Å². The predicted octanol–water partition coefficient (Wildman–Crippen LogP) is 2.31. The molecule has 1 aromatic carbocycles. The van der Waals surface area contributed by atoms with Gasteiger partial charge in [-0.3, -0.25) is 14.9 Å². The Bertz CT molecular complexity index is 575. The number of non-ortho nitro benzene ring substituents is 1. The van der Waals surface area contributed by atoms with Crippen molar-refractivity contribution in [3.63, 3.8) is 0 Å². The highest BCUT2D eigenvalue weighted by Gasteiger charge is 2.20. The molecule has 2 N–H and O–H groups in total. The van der Waals surface area contributed by atoms with Crippen molar-refractivity contribution in [1.29, 1.82) is 0 Å². The Kier molecular flexibility index (Phi) is 5.92. The number of carbonyl (C=O) groups is 2. The van der Waals surface area contributed by atoms with Gasteiger partial charge in [0.25, 0.3) is 5.69 Å². The van der Waals surface area contributed by atoms with Crippen molar-refractivity contribution in [3.05, 3.63) is 32.8 Å². The highest BCUT2D eigenvalue weighted by Crippen LogP contribution is 2.31. The average molecular weight is 317 g/mol. The third kappa shape index (κ3) is 4.60. The van der Waals surface area contributed by atoms with Crippen LogP contribution in [-0.4, -0.2) is 35.6 Å². The van der Waals surface area contributed by atoms with E-state index in [1.54, 1.807) is 0 Å². The molecule has 0 aromatic heterocycles. The number of ether oxygens (including phenoxy) is 1. The van der Waals surface area contributed by atoms with Gasteiger partial charge in [-0.25, -0.2) is 4.79 Å². The summed E-state index contributed by atoms with van der Waals surface area (Å²) in [5.74, 6) is -1.72. The fourth-order valence-corrected chi connectivity index (χ4v) is 1.88. The number of esters is 1. The zero-order chi connectivity index (χ0) is 16.0. The molecular formula is C12H13ClN2O6. The van der Waals surface area contributed by atoms with Crippen molar-refractivity contribution in [2.45, 2.75) is 12.8 Å². The van der Waals surface area contributed by atoms with E-state index in [1.165, 1.54) is 0 Å². The van der Waals surface area contributed by atoms with E-state index in [0.29, 0.717) is 6.42 Å². The molecule has 1 rings (SSSR count). The number of anilines is 1. The first-order valence-electron chi connectivity index (χ1n) is 5.88. The van der Waals surface area contributed by atoms with Gasteiger partial charge >= 0.3 is 11.9 Å². The number of nitrogens with zero attached hydrogens (tertiary/aromatic N) is 1. The Hall–Kier alpha value is -2.35. The minimum absolute atomic E-state index is 0.0140. The van der Waals surface area contributed by atoms with Crippen LogP contribution in [0, 0.1) is 10.1 Å². The molecule has 8 nitrogen and oxygen atoms in total. The van der Waals surface area contributed by atoms with E-state index in [1.807, 2.05) is 0 Å². The minimum Gasteiger partial charge on any atom is -0.481 e. The molecule has 21 heavy (non-hydrogen) atoms. The zero-order valence-corrected chi connectivity index (χ0v) is 11.8. The van der Waals surface area contributed by atoms with Crippen molar-refractivity contribution in [1.82, 2.24) is 0 Å². The van der Waals surface area contributed by atoms with Gasteiger partial charge in [-0.2, -0.15) is 0 Å². The van der Waals surface area contributed by atoms with Gasteiger partial charge < -0.3 is 15.2 Å². The number of benzene rings is 1. The second-order valence-corrected chi connectivity index (χ2v) is 4.43. The molecule has 0 spiro atoms. The quantitative estimate of drug-likeness (QED) is 0.343. The van der Waals surface area contributed by atoms with E-state index in [4.69, 9.17) is 16.7 Å². The highest BCUT2D eigenvalue weighted by atomic mass is 35.5. The lowest BCUT2D eigenvalue weighted by Gasteiger charge is -2.12. The van der Waals surface area contributed by atoms with Crippen LogP contribution in [-0.2, 0) is 9.53 Å². The Labute approximate surface area is 124 Å². The SMILES string of the molecule is COC(=O)c1cc([N+](=O)[O-])cc(Cl)c1NCCCC(=O)O. The third-order valence-electron chi connectivity index (χ3n) is 2.56. The van der Waals surface area contributed by atoms with Gasteiger partial charge in [-0.05, 0) is 6.42 Å². The number of carboxylic acids is 1. The van der Waals surface area contributed by atoms with Crippen molar-refractivity contribution in [2.75, 3.05) is 19.0 Å². The molecule has 0 aliphatic rings. The van der Waals surface area contributed by atoms with Crippen LogP contribution in [0.1, 0.15) is 23.2 Å². The number of methoxy groups -OCH3 is 1. The maximum absolute atomic E-state index is 11.7. The summed E-state index contributed by atoms with van der Waals surface area (Å²) in [7, 11) is 1.14. The van der Waals surface area contributed by atoms with Crippen LogP contribution >= 0.6 is 11.6 Å². The van der Waals surface area contributed by atoms with Crippen LogP contribution in [0.5, 0.6) is 0 Å². The van der Waals surface area contributed by atoms with E-state index in [-0.39, 0.29) is 34.9 Å². The van der Waals surface area contributed by atoms with Crippen LogP contribution in [0.25, 0.3) is 0 Å². The first-order chi connectivity index (χ1) is 9.86. The fraction of sp³-hybridized carbons (Fsp3) is 0.333. The van der Waals surface area contributed by atoms with E-state index in [2.05, 4.69) is 10.1 Å². The second-order valence-electron chi connectivity index (χ2n) is 4.02. The minimum atomic E-state index is -0.945. The molecule has 0 unspecified atom stereocenters. The molecule has 114 valence electrons. The number of nitro groups is 1. The normalized spacial score (nSPS) is 10.0. The standard InChI is InChI=1S/C12H13ClN2O6/c1-21-12(18)8-5-7(15(19)20)6-9(13)11(8)14-4-2-3-10(16)17/h5-6,14H,2-4H2,1H3,(H,16,17). The summed E-state index contributed by atoms with van der Waals surface area (Å²) in [6.07, 6.45) is 0.258. The molecule has 0 amide bonds. The summed E-state index contributed by atoms with van der Waals surface area (Å²) in [5.41, 5.74) is -0.233. The molecule has 0 saturated heterocycles. The van der Waals surface area contributed by atoms with Crippen molar-refractivity contribution in [2.24, 2.45) is 0 Å². The predicted molar refractivity (Wildman–Crippen MR) is 74.8 cm³/mol. The summed E-state index contributed by atoms with van der Waals surface area (Å²) >= 11 is 5.93. The van der Waals surface area contributed by atoms with Crippen molar-refractivity contribution >= 4 is 34.9 Å². The molecule has 9 heteroatoms. The van der Waals surface area contributed by atoms with E-state index in [0.717, 1.165) is 19.2 Å². The number of rotatable bonds is 7. The smallest absolute Gasteiger partial charge is 0.340 e. The van der Waals surface area contributed by atoms with Gasteiger partial charge in [-0.15, -0.1) is 0 Å². The molecule has 0 heterocycles. The van der Waals surface area contributed by atoms with Crippen LogP contribution in [0.15, 0.2) is 12.1 Å². The molecule has 0 aliphatic carbocycles. The second kappa shape index (κ2) is 7.44. The lowest BCUT2D eigenvalue weighted by molar-refractivity contribution is -0.384. The van der Waals surface area contributed by atoms with Crippen LogP contribution in [0.4, 0.5) is 11.4 Å². The summed E-state index contributed by atoms with van der Waals surface area (Å²) in [4.78, 5) is 32.2. The Balaban J connectivity index is 3.02. The molecule has 0 bridgehead atoms. The van der Waals surface area contributed by atoms with Gasteiger partial charge in [0.2, 0.25) is 0 Å². The molecule has 0 fully saturated rings. The largest absolute Gasteiger partial charge is 0.481 e. The lowest BCUT2D eigenvalue weighted by atomic mass is 10.1. The highest BCUT2D eigenvalue weighted by molar-refractivity contribution is 6.34. The number of carbonyl (C=O) groups excluding carboxylic acids is 1. The summed E-state index contributed by atoms with van der Waals surface area (Å²) < 4.78 is 4.56. The number of halogens is 1. The summed E-state index contributed by atoms with van der Waals surface area (Å²) in [6, 6.07) is 2.16. The number of aliphatic carboxylic acids is 1. The number of carboxylic acid groups (broad SMARTS) is 1. The molecule has 1 aromatic rings. The van der Waals surface area contributed by atoms with Crippen LogP contribution in [0.3, 0.4) is 0 Å². The number of nitro benzene ring substituents is 1. The zero-order valence-electron chi connectivity index (χ0n) is 11.1. The van der Waals surface area contributed by atoms with Gasteiger partial charge in [0.15, 0.2) is 0 Å². The average Bonchev–Trinajstić information content (AvgIpc) is 2.42. The summed E-state index contributed by atoms with van der Waals surface area (Å²) in [5, 5.41) is 22.1. The first-order valence-corrected chi connectivity index (χ1v) is 6.26. The van der Waals surface area contributed by atoms with Crippen molar-refractivity contribution < 1.29 is 24.4 Å². The van der Waals surface area contributed by atoms with E-state index < -0.39 is 16.9 Å². The molecule has 0 aliphatic heterocycles. The monoisotopic (exact) mass is 316 g/mol. The Morgan fingerprint density at radius 3 is 2.67 bits per heavy atom. The Morgan fingerprint density at radius 2 is 2.14 bits per heavy atom. The maximum Gasteiger partial charge on any atom is 0.340 e. The first kappa shape index (κ1) is 16.7. The number of hydrogen-bond acceptors (Lipinski definition) is 6. The van der Waals surface area contributed by atoms with Gasteiger partial charge in [0.1, 0.15) is 0 Å². The van der Waals surface area contributed by atoms with Crippen LogP contribution in [0.2, 0.25) is 5.02 Å². The molecule has 0 atom stereocenters. The molecular weight excluding hydrogens is 304 g/mol. The van der Waals surface area contributed by atoms with Crippen molar-refractivity contribution in [3.8, 4) is 0 Å². The number of hydrogen-bond donors (Lipinski definition) is 2. The third-order valence-corrected chi connectivity index (χ3v) is 2.86. The molecule has 0 radical (unpaired) electrons. The van der Waals surface area contributed by atoms with E-state index in [9.17, 15) is 19.7 Å². The van der Waals surface area contributed by atoms with Gasteiger partial charge in [-0.1, -0.05) is 11.6 Å². The van der Waals surface area contributed by atoms with Gasteiger partial charge in [0.05, 0.1) is 28.3 Å². The fourth-order valence-electron chi connectivity index (χ4n) is 1.60. The topological polar surface area (TPSA) is 119 Å². The Morgan fingerprint density at radius 1 is 1.48 bits per heavy atom. The van der Waals surface area contributed by atoms with Crippen LogP contribution < -0.4 is 5.32 Å².